The van der Waals surface area contributed by atoms with Crippen LogP contribution in [0.4, 0.5) is 0 Å². The number of aromatic nitrogens is 3. The molecule has 0 saturated heterocycles. The van der Waals surface area contributed by atoms with Gasteiger partial charge in [-0.25, -0.2) is 0 Å². The fraction of sp³-hybridized carbons (Fsp3) is 0.154. The number of amides is 1. The molecule has 3 heterocycles. The zero-order valence-corrected chi connectivity index (χ0v) is 13.0. The number of thiophene rings is 1. The third-order valence-corrected chi connectivity index (χ3v) is 4.49. The second kappa shape index (κ2) is 5.34. The third kappa shape index (κ3) is 2.46. The van der Waals surface area contributed by atoms with E-state index in [1.54, 1.807) is 6.07 Å². The van der Waals surface area contributed by atoms with Crippen molar-refractivity contribution in [3.05, 3.63) is 51.0 Å². The lowest BCUT2D eigenvalue weighted by atomic mass is 10.3. The minimum Gasteiger partial charge on any atom is -0.342 e. The molecule has 0 aliphatic rings. The Hall–Kier alpha value is -1.73. The Bertz CT molecular complexity index is 766. The largest absolute Gasteiger partial charge is 0.342 e. The summed E-state index contributed by atoms with van der Waals surface area (Å²) in [6.45, 7) is 1.89. The molecule has 3 aromatic heterocycles. The highest BCUT2D eigenvalue weighted by Crippen LogP contribution is 2.22. The molecule has 1 N–H and O–H groups in total. The van der Waals surface area contributed by atoms with E-state index < -0.39 is 0 Å². The van der Waals surface area contributed by atoms with E-state index in [1.807, 2.05) is 41.8 Å². The van der Waals surface area contributed by atoms with Gasteiger partial charge in [0.25, 0.3) is 5.91 Å². The first kappa shape index (κ1) is 13.3. The first-order valence-corrected chi connectivity index (χ1v) is 7.62. The number of carbonyl (C=O) groups excluding carboxylic acids is 1. The zero-order valence-electron chi connectivity index (χ0n) is 10.6. The molecule has 3 rings (SSSR count). The van der Waals surface area contributed by atoms with Crippen molar-refractivity contribution >= 4 is 38.8 Å². The summed E-state index contributed by atoms with van der Waals surface area (Å²) in [6.07, 6.45) is 1.88. The monoisotopic (exact) mass is 350 g/mol. The maximum Gasteiger partial charge on any atom is 0.261 e. The first-order chi connectivity index (χ1) is 9.65. The van der Waals surface area contributed by atoms with Crippen LogP contribution in [0.3, 0.4) is 0 Å². The minimum absolute atomic E-state index is 0.110. The molecule has 1 atom stereocenters. The maximum atomic E-state index is 12.1. The highest BCUT2D eigenvalue weighted by atomic mass is 79.9. The average molecular weight is 351 g/mol. The van der Waals surface area contributed by atoms with E-state index in [1.165, 1.54) is 11.3 Å². The Labute approximate surface area is 127 Å². The van der Waals surface area contributed by atoms with E-state index in [9.17, 15) is 4.79 Å². The van der Waals surface area contributed by atoms with Crippen molar-refractivity contribution in [3.8, 4) is 0 Å². The number of hydrogen-bond donors (Lipinski definition) is 1. The molecule has 7 heteroatoms. The van der Waals surface area contributed by atoms with Crippen molar-refractivity contribution in [2.75, 3.05) is 0 Å². The maximum absolute atomic E-state index is 12.1. The highest BCUT2D eigenvalue weighted by molar-refractivity contribution is 9.11. The second-order valence-corrected chi connectivity index (χ2v) is 6.75. The van der Waals surface area contributed by atoms with Gasteiger partial charge in [-0.2, -0.15) is 0 Å². The molecule has 5 nitrogen and oxygen atoms in total. The van der Waals surface area contributed by atoms with Crippen molar-refractivity contribution < 1.29 is 4.79 Å². The van der Waals surface area contributed by atoms with Gasteiger partial charge in [0.1, 0.15) is 0 Å². The molecule has 0 aliphatic carbocycles. The van der Waals surface area contributed by atoms with Gasteiger partial charge in [-0.15, -0.1) is 21.5 Å². The highest BCUT2D eigenvalue weighted by Gasteiger charge is 2.17. The molecule has 1 unspecified atom stereocenters. The van der Waals surface area contributed by atoms with Gasteiger partial charge in [0.15, 0.2) is 11.5 Å². The Morgan fingerprint density at radius 1 is 1.35 bits per heavy atom. The predicted molar refractivity (Wildman–Crippen MR) is 80.9 cm³/mol. The van der Waals surface area contributed by atoms with Crippen LogP contribution in [0.5, 0.6) is 0 Å². The number of nitrogens with zero attached hydrogens (tertiary/aromatic N) is 3. The molecule has 0 aromatic carbocycles. The van der Waals surface area contributed by atoms with Crippen molar-refractivity contribution in [1.82, 2.24) is 19.9 Å². The van der Waals surface area contributed by atoms with E-state index >= 15 is 0 Å². The van der Waals surface area contributed by atoms with Crippen LogP contribution in [0.2, 0.25) is 0 Å². The lowest BCUT2D eigenvalue weighted by molar-refractivity contribution is 0.0942. The zero-order chi connectivity index (χ0) is 14.1. The van der Waals surface area contributed by atoms with Crippen LogP contribution in [0.25, 0.3) is 5.65 Å². The molecule has 3 aromatic rings. The van der Waals surface area contributed by atoms with Gasteiger partial charge in [-0.05, 0) is 47.1 Å². The molecule has 20 heavy (non-hydrogen) atoms. The van der Waals surface area contributed by atoms with E-state index in [-0.39, 0.29) is 11.9 Å². The van der Waals surface area contributed by atoms with Gasteiger partial charge >= 0.3 is 0 Å². The number of halogens is 1. The van der Waals surface area contributed by atoms with E-state index in [4.69, 9.17) is 0 Å². The van der Waals surface area contributed by atoms with Crippen molar-refractivity contribution in [2.24, 2.45) is 0 Å². The SMILES string of the molecule is CC(NC(=O)c1ccc(Br)s1)c1nnc2ccccn12. The molecule has 102 valence electrons. The summed E-state index contributed by atoms with van der Waals surface area (Å²) in [5, 5.41) is 11.2. The fourth-order valence-electron chi connectivity index (χ4n) is 1.92. The van der Waals surface area contributed by atoms with E-state index in [2.05, 4.69) is 31.4 Å². The smallest absolute Gasteiger partial charge is 0.261 e. The number of fused-ring (bicyclic) bond motifs is 1. The lowest BCUT2D eigenvalue weighted by Crippen LogP contribution is -2.27. The Morgan fingerprint density at radius 2 is 2.20 bits per heavy atom. The molecule has 0 fully saturated rings. The van der Waals surface area contributed by atoms with Gasteiger partial charge < -0.3 is 5.32 Å². The standard InChI is InChI=1S/C13H11BrN4OS/c1-8(15-13(19)9-5-6-10(14)20-9)12-17-16-11-4-2-3-7-18(11)12/h2-8H,1H3,(H,15,19). The third-order valence-electron chi connectivity index (χ3n) is 2.87. The number of hydrogen-bond acceptors (Lipinski definition) is 4. The molecular formula is C13H11BrN4OS. The van der Waals surface area contributed by atoms with Crippen LogP contribution in [0.15, 0.2) is 40.3 Å². The average Bonchev–Trinajstić information content (AvgIpc) is 3.04. The quantitative estimate of drug-likeness (QED) is 0.789. The van der Waals surface area contributed by atoms with Crippen molar-refractivity contribution in [1.29, 1.82) is 0 Å². The van der Waals surface area contributed by atoms with Gasteiger partial charge in [-0.1, -0.05) is 6.07 Å². The van der Waals surface area contributed by atoms with Gasteiger partial charge in [0.05, 0.1) is 14.7 Å². The number of carbonyl (C=O) groups is 1. The summed E-state index contributed by atoms with van der Waals surface area (Å²) >= 11 is 4.75. The van der Waals surface area contributed by atoms with Gasteiger partial charge in [-0.3, -0.25) is 9.20 Å². The van der Waals surface area contributed by atoms with Gasteiger partial charge in [0, 0.05) is 6.20 Å². The number of nitrogens with one attached hydrogen (secondary N) is 1. The molecule has 0 aliphatic heterocycles. The number of pyridine rings is 1. The normalized spacial score (nSPS) is 12.5. The van der Waals surface area contributed by atoms with Crippen molar-refractivity contribution in [2.45, 2.75) is 13.0 Å². The molecule has 0 saturated carbocycles. The lowest BCUT2D eigenvalue weighted by Gasteiger charge is -2.11. The summed E-state index contributed by atoms with van der Waals surface area (Å²) in [5.74, 6) is 0.602. The predicted octanol–water partition coefficient (Wildman–Crippen LogP) is 3.04. The molecule has 0 radical (unpaired) electrons. The summed E-state index contributed by atoms with van der Waals surface area (Å²) < 4.78 is 2.80. The molecular weight excluding hydrogens is 340 g/mol. The topological polar surface area (TPSA) is 59.3 Å². The fourth-order valence-corrected chi connectivity index (χ4v) is 3.21. The number of rotatable bonds is 3. The molecule has 0 spiro atoms. The minimum atomic E-state index is -0.222. The Morgan fingerprint density at radius 3 is 2.95 bits per heavy atom. The van der Waals surface area contributed by atoms with Gasteiger partial charge in [0.2, 0.25) is 0 Å². The molecule has 1 amide bonds. The molecule has 0 bridgehead atoms. The Kier molecular flexibility index (Phi) is 3.54. The van der Waals surface area contributed by atoms with E-state index in [0.717, 1.165) is 9.43 Å². The summed E-state index contributed by atoms with van der Waals surface area (Å²) in [6, 6.07) is 9.11. The summed E-state index contributed by atoms with van der Waals surface area (Å²) in [4.78, 5) is 12.8. The summed E-state index contributed by atoms with van der Waals surface area (Å²) in [7, 11) is 0. The van der Waals surface area contributed by atoms with Crippen LogP contribution in [0.1, 0.15) is 28.5 Å². The van der Waals surface area contributed by atoms with E-state index in [0.29, 0.717) is 10.7 Å². The summed E-state index contributed by atoms with van der Waals surface area (Å²) in [5.41, 5.74) is 0.766. The first-order valence-electron chi connectivity index (χ1n) is 6.01. The van der Waals surface area contributed by atoms with Crippen LogP contribution < -0.4 is 5.32 Å². The van der Waals surface area contributed by atoms with Crippen LogP contribution >= 0.6 is 27.3 Å². The Balaban J connectivity index is 1.82. The van der Waals surface area contributed by atoms with Crippen molar-refractivity contribution in [3.63, 3.8) is 0 Å². The second-order valence-electron chi connectivity index (χ2n) is 4.29. The van der Waals surface area contributed by atoms with Crippen LogP contribution in [-0.2, 0) is 0 Å². The van der Waals surface area contributed by atoms with Crippen LogP contribution in [-0.4, -0.2) is 20.5 Å². The van der Waals surface area contributed by atoms with Crippen LogP contribution in [0, 0.1) is 0 Å².